The molecule has 0 aliphatic heterocycles. The van der Waals surface area contributed by atoms with E-state index < -0.39 is 0 Å². The summed E-state index contributed by atoms with van der Waals surface area (Å²) in [5.41, 5.74) is 0.897. The van der Waals surface area contributed by atoms with Crippen LogP contribution in [0.5, 0.6) is 5.75 Å². The molecule has 1 aromatic carbocycles. The van der Waals surface area contributed by atoms with Gasteiger partial charge >= 0.3 is 5.97 Å². The van der Waals surface area contributed by atoms with Gasteiger partial charge in [-0.15, -0.1) is 0 Å². The minimum Gasteiger partial charge on any atom is -0.478 e. The third-order valence-corrected chi connectivity index (χ3v) is 2.50. The summed E-state index contributed by atoms with van der Waals surface area (Å²) < 4.78 is 10.2. The Morgan fingerprint density at radius 3 is 2.89 bits per heavy atom. The van der Waals surface area contributed by atoms with Crippen LogP contribution in [0.15, 0.2) is 24.3 Å². The number of esters is 1. The van der Waals surface area contributed by atoms with E-state index >= 15 is 0 Å². The maximum Gasteiger partial charge on any atom is 0.322 e. The molecule has 5 heteroatoms. The van der Waals surface area contributed by atoms with Crippen molar-refractivity contribution in [3.05, 3.63) is 29.8 Å². The molecule has 19 heavy (non-hydrogen) atoms. The fraction of sp³-hybridized carbons (Fsp3) is 0.429. The molecule has 0 saturated carbocycles. The van der Waals surface area contributed by atoms with Crippen LogP contribution in [0.3, 0.4) is 0 Å². The monoisotopic (exact) mass is 262 g/mol. The Bertz CT molecular complexity index is 454. The summed E-state index contributed by atoms with van der Waals surface area (Å²) >= 11 is 0. The Labute approximate surface area is 113 Å². The first kappa shape index (κ1) is 15.0. The van der Waals surface area contributed by atoms with E-state index in [0.717, 1.165) is 5.56 Å². The number of carbonyl (C=O) groups excluding carboxylic acids is 1. The van der Waals surface area contributed by atoms with E-state index in [1.807, 2.05) is 24.3 Å². The van der Waals surface area contributed by atoms with E-state index in [4.69, 9.17) is 14.7 Å². The molecule has 0 spiro atoms. The number of benzene rings is 1. The molecular formula is C14H18N2O3. The molecule has 0 aliphatic carbocycles. The molecule has 0 aromatic heterocycles. The molecule has 1 atom stereocenters. The van der Waals surface area contributed by atoms with Gasteiger partial charge in [0.2, 0.25) is 0 Å². The van der Waals surface area contributed by atoms with Gasteiger partial charge in [0.15, 0.2) is 6.61 Å². The van der Waals surface area contributed by atoms with Gasteiger partial charge in [0.25, 0.3) is 0 Å². The Hall–Kier alpha value is -2.06. The van der Waals surface area contributed by atoms with Crippen molar-refractivity contribution in [2.75, 3.05) is 13.2 Å². The lowest BCUT2D eigenvalue weighted by Crippen LogP contribution is -2.35. The van der Waals surface area contributed by atoms with Crippen LogP contribution in [0.1, 0.15) is 19.4 Å². The summed E-state index contributed by atoms with van der Waals surface area (Å²) in [5.74, 6) is 0.366. The molecule has 0 bridgehead atoms. The van der Waals surface area contributed by atoms with Gasteiger partial charge in [-0.3, -0.25) is 4.79 Å². The average Bonchev–Trinajstić information content (AvgIpc) is 2.43. The number of para-hydroxylation sites is 1. The van der Waals surface area contributed by atoms with Crippen molar-refractivity contribution in [2.24, 2.45) is 0 Å². The summed E-state index contributed by atoms with van der Waals surface area (Å²) in [6.07, 6.45) is 0. The van der Waals surface area contributed by atoms with Gasteiger partial charge in [-0.1, -0.05) is 18.2 Å². The van der Waals surface area contributed by atoms with Crippen molar-refractivity contribution in [1.82, 2.24) is 5.32 Å². The zero-order valence-corrected chi connectivity index (χ0v) is 11.2. The number of hydrogen-bond acceptors (Lipinski definition) is 5. The first-order chi connectivity index (χ1) is 9.19. The average molecular weight is 262 g/mol. The standard InChI is InChI=1S/C14H18N2O3/c1-3-18-14(17)11(2)16-10-12-6-4-5-7-13(12)19-9-8-15/h4-7,11,16H,3,9-10H2,1-2H3. The molecular weight excluding hydrogens is 244 g/mol. The molecule has 1 rings (SSSR count). The van der Waals surface area contributed by atoms with Gasteiger partial charge in [0.05, 0.1) is 6.61 Å². The largest absolute Gasteiger partial charge is 0.478 e. The first-order valence-corrected chi connectivity index (χ1v) is 6.16. The molecule has 102 valence electrons. The van der Waals surface area contributed by atoms with Gasteiger partial charge in [-0.2, -0.15) is 5.26 Å². The molecule has 0 radical (unpaired) electrons. The smallest absolute Gasteiger partial charge is 0.322 e. The molecule has 1 unspecified atom stereocenters. The van der Waals surface area contributed by atoms with Crippen LogP contribution in [-0.4, -0.2) is 25.2 Å². The van der Waals surface area contributed by atoms with Crippen LogP contribution in [0.4, 0.5) is 0 Å². The minimum atomic E-state index is -0.385. The molecule has 0 aliphatic rings. The van der Waals surface area contributed by atoms with Crippen LogP contribution in [-0.2, 0) is 16.1 Å². The summed E-state index contributed by atoms with van der Waals surface area (Å²) in [6.45, 7) is 4.37. The van der Waals surface area contributed by atoms with E-state index in [9.17, 15) is 4.79 Å². The lowest BCUT2D eigenvalue weighted by Gasteiger charge is -2.14. The number of nitriles is 1. The number of nitrogens with zero attached hydrogens (tertiary/aromatic N) is 1. The molecule has 0 amide bonds. The quantitative estimate of drug-likeness (QED) is 0.756. The predicted octanol–water partition coefficient (Wildman–Crippen LogP) is 1.63. The van der Waals surface area contributed by atoms with Gasteiger partial charge in [0, 0.05) is 12.1 Å². The molecule has 0 saturated heterocycles. The number of rotatable bonds is 7. The van der Waals surface area contributed by atoms with Crippen LogP contribution in [0.25, 0.3) is 0 Å². The number of ether oxygens (including phenoxy) is 2. The third kappa shape index (κ3) is 4.98. The van der Waals surface area contributed by atoms with Crippen LogP contribution >= 0.6 is 0 Å². The SMILES string of the molecule is CCOC(=O)C(C)NCc1ccccc1OCC#N. The summed E-state index contributed by atoms with van der Waals surface area (Å²) in [4.78, 5) is 11.5. The predicted molar refractivity (Wildman–Crippen MR) is 70.5 cm³/mol. The van der Waals surface area contributed by atoms with Gasteiger partial charge in [0.1, 0.15) is 17.9 Å². The fourth-order valence-corrected chi connectivity index (χ4v) is 1.51. The maximum atomic E-state index is 11.5. The second-order valence-electron chi connectivity index (χ2n) is 3.91. The van der Waals surface area contributed by atoms with Crippen molar-refractivity contribution in [2.45, 2.75) is 26.4 Å². The Balaban J connectivity index is 2.57. The zero-order chi connectivity index (χ0) is 14.1. The Kier molecular flexibility index (Phi) is 6.41. The van der Waals surface area contributed by atoms with Gasteiger partial charge in [-0.25, -0.2) is 0 Å². The van der Waals surface area contributed by atoms with Crippen molar-refractivity contribution in [3.63, 3.8) is 0 Å². The highest BCUT2D eigenvalue weighted by atomic mass is 16.5. The maximum absolute atomic E-state index is 11.5. The Morgan fingerprint density at radius 1 is 1.47 bits per heavy atom. The molecule has 5 nitrogen and oxygen atoms in total. The second-order valence-corrected chi connectivity index (χ2v) is 3.91. The molecule has 0 fully saturated rings. The van der Waals surface area contributed by atoms with Crippen molar-refractivity contribution >= 4 is 5.97 Å². The van der Waals surface area contributed by atoms with E-state index in [2.05, 4.69) is 5.32 Å². The van der Waals surface area contributed by atoms with Crippen LogP contribution < -0.4 is 10.1 Å². The number of nitrogens with one attached hydrogen (secondary N) is 1. The highest BCUT2D eigenvalue weighted by Gasteiger charge is 2.13. The van der Waals surface area contributed by atoms with Gasteiger partial charge in [-0.05, 0) is 19.9 Å². The number of carbonyl (C=O) groups is 1. The first-order valence-electron chi connectivity index (χ1n) is 6.16. The Morgan fingerprint density at radius 2 is 2.21 bits per heavy atom. The molecule has 0 heterocycles. The molecule has 1 aromatic rings. The van der Waals surface area contributed by atoms with E-state index in [1.165, 1.54) is 0 Å². The highest BCUT2D eigenvalue weighted by molar-refractivity contribution is 5.75. The second kappa shape index (κ2) is 8.11. The third-order valence-electron chi connectivity index (χ3n) is 2.50. The van der Waals surface area contributed by atoms with E-state index in [1.54, 1.807) is 19.9 Å². The van der Waals surface area contributed by atoms with Crippen LogP contribution in [0, 0.1) is 11.3 Å². The number of hydrogen-bond donors (Lipinski definition) is 1. The fourth-order valence-electron chi connectivity index (χ4n) is 1.51. The topological polar surface area (TPSA) is 71.3 Å². The van der Waals surface area contributed by atoms with Crippen molar-refractivity contribution in [1.29, 1.82) is 5.26 Å². The van der Waals surface area contributed by atoms with Crippen molar-refractivity contribution < 1.29 is 14.3 Å². The molecule has 1 N–H and O–H groups in total. The van der Waals surface area contributed by atoms with Gasteiger partial charge < -0.3 is 14.8 Å². The minimum absolute atomic E-state index is 0.00441. The summed E-state index contributed by atoms with van der Waals surface area (Å²) in [7, 11) is 0. The lowest BCUT2D eigenvalue weighted by atomic mass is 10.2. The van der Waals surface area contributed by atoms with Crippen LogP contribution in [0.2, 0.25) is 0 Å². The lowest BCUT2D eigenvalue weighted by molar-refractivity contribution is -0.145. The highest BCUT2D eigenvalue weighted by Crippen LogP contribution is 2.17. The summed E-state index contributed by atoms with van der Waals surface area (Å²) in [6, 6.07) is 8.94. The zero-order valence-electron chi connectivity index (χ0n) is 11.2. The van der Waals surface area contributed by atoms with Crippen molar-refractivity contribution in [3.8, 4) is 11.8 Å². The summed E-state index contributed by atoms with van der Waals surface area (Å²) in [5, 5.41) is 11.6. The van der Waals surface area contributed by atoms with E-state index in [0.29, 0.717) is 18.9 Å². The van der Waals surface area contributed by atoms with E-state index in [-0.39, 0.29) is 18.6 Å². The normalized spacial score (nSPS) is 11.4.